The van der Waals surface area contributed by atoms with Crippen LogP contribution in [0.1, 0.15) is 17.3 Å². The number of carbonyl (C=O) groups excluding carboxylic acids is 1. The van der Waals surface area contributed by atoms with Crippen molar-refractivity contribution in [2.45, 2.75) is 13.7 Å². The van der Waals surface area contributed by atoms with Crippen LogP contribution in [0.4, 0.5) is 5.69 Å². The summed E-state index contributed by atoms with van der Waals surface area (Å²) in [5, 5.41) is 21.3. The van der Waals surface area contributed by atoms with Gasteiger partial charge in [0.15, 0.2) is 5.56 Å². The fourth-order valence-electron chi connectivity index (χ4n) is 3.31. The lowest BCUT2D eigenvalue weighted by molar-refractivity contribution is -0.384. The number of ether oxygens (including phenoxy) is 2. The SMILES string of the molecule is CCOC(=O)c1c([N+](=O)[O-])c(-c2ccccc2)n(COCCO)c1-c1ccccc1. The van der Waals surface area contributed by atoms with Crippen molar-refractivity contribution in [3.63, 3.8) is 0 Å². The monoisotopic (exact) mass is 410 g/mol. The second-order valence-electron chi connectivity index (χ2n) is 6.32. The Morgan fingerprint density at radius 3 is 2.10 bits per heavy atom. The van der Waals surface area contributed by atoms with Crippen LogP contribution in [-0.4, -0.2) is 40.4 Å². The van der Waals surface area contributed by atoms with Crippen LogP contribution in [0.2, 0.25) is 0 Å². The van der Waals surface area contributed by atoms with Crippen LogP contribution < -0.4 is 0 Å². The first-order chi connectivity index (χ1) is 14.6. The number of aliphatic hydroxyl groups excluding tert-OH is 1. The molecular formula is C22H22N2O6. The molecule has 0 radical (unpaired) electrons. The molecule has 0 aliphatic carbocycles. The number of aromatic nitrogens is 1. The number of hydrogen-bond donors (Lipinski definition) is 1. The number of esters is 1. The number of benzene rings is 2. The lowest BCUT2D eigenvalue weighted by Crippen LogP contribution is -2.11. The minimum atomic E-state index is -0.777. The van der Waals surface area contributed by atoms with Crippen molar-refractivity contribution >= 4 is 11.7 Å². The lowest BCUT2D eigenvalue weighted by Gasteiger charge is -2.14. The third-order valence-corrected chi connectivity index (χ3v) is 4.45. The smallest absolute Gasteiger partial charge is 0.347 e. The summed E-state index contributed by atoms with van der Waals surface area (Å²) in [6.45, 7) is 1.48. The minimum Gasteiger partial charge on any atom is -0.462 e. The Bertz CT molecular complexity index is 1020. The number of aliphatic hydroxyl groups is 1. The maximum Gasteiger partial charge on any atom is 0.347 e. The topological polar surface area (TPSA) is 104 Å². The van der Waals surface area contributed by atoms with Gasteiger partial charge >= 0.3 is 11.7 Å². The largest absolute Gasteiger partial charge is 0.462 e. The van der Waals surface area contributed by atoms with E-state index in [1.54, 1.807) is 66.1 Å². The molecule has 1 N–H and O–H groups in total. The molecule has 1 aromatic heterocycles. The number of nitro groups is 1. The molecular weight excluding hydrogens is 388 g/mol. The van der Waals surface area contributed by atoms with Crippen molar-refractivity contribution in [2.75, 3.05) is 19.8 Å². The molecule has 8 heteroatoms. The van der Waals surface area contributed by atoms with Crippen molar-refractivity contribution in [2.24, 2.45) is 0 Å². The fraction of sp³-hybridized carbons (Fsp3) is 0.227. The van der Waals surface area contributed by atoms with Gasteiger partial charge in [-0.1, -0.05) is 60.7 Å². The second-order valence-corrected chi connectivity index (χ2v) is 6.32. The van der Waals surface area contributed by atoms with E-state index >= 15 is 0 Å². The van der Waals surface area contributed by atoms with Crippen LogP contribution in [0.25, 0.3) is 22.5 Å². The summed E-state index contributed by atoms with van der Waals surface area (Å²) in [7, 11) is 0. The van der Waals surface area contributed by atoms with E-state index in [4.69, 9.17) is 14.6 Å². The summed E-state index contributed by atoms with van der Waals surface area (Å²) in [6.07, 6.45) is 0. The number of nitrogens with zero attached hydrogens (tertiary/aromatic N) is 2. The maximum atomic E-state index is 12.9. The molecule has 3 aromatic rings. The van der Waals surface area contributed by atoms with Gasteiger partial charge in [0.2, 0.25) is 0 Å². The Kier molecular flexibility index (Phi) is 6.95. The van der Waals surface area contributed by atoms with Crippen molar-refractivity contribution in [3.05, 3.63) is 76.3 Å². The van der Waals surface area contributed by atoms with E-state index in [1.165, 1.54) is 0 Å². The Hall–Kier alpha value is -3.49. The van der Waals surface area contributed by atoms with Gasteiger partial charge in [0.05, 0.1) is 30.4 Å². The zero-order chi connectivity index (χ0) is 21.5. The molecule has 0 aliphatic heterocycles. The standard InChI is InChI=1S/C22H22N2O6/c1-2-30-22(26)18-19(16-9-5-3-6-10-16)23(15-29-14-13-25)20(21(18)24(27)28)17-11-7-4-8-12-17/h3-12,25H,2,13-15H2,1H3. The second kappa shape index (κ2) is 9.82. The van der Waals surface area contributed by atoms with Crippen molar-refractivity contribution in [1.82, 2.24) is 4.57 Å². The van der Waals surface area contributed by atoms with Crippen LogP contribution in [0.15, 0.2) is 60.7 Å². The first-order valence-corrected chi connectivity index (χ1v) is 9.47. The molecule has 0 fully saturated rings. The lowest BCUT2D eigenvalue weighted by atomic mass is 10.1. The highest BCUT2D eigenvalue weighted by Gasteiger charge is 2.37. The van der Waals surface area contributed by atoms with Crippen molar-refractivity contribution < 1.29 is 24.3 Å². The average molecular weight is 410 g/mol. The van der Waals surface area contributed by atoms with Gasteiger partial charge in [-0.15, -0.1) is 0 Å². The molecule has 0 bridgehead atoms. The molecule has 2 aromatic carbocycles. The summed E-state index contributed by atoms with van der Waals surface area (Å²) >= 11 is 0. The summed E-state index contributed by atoms with van der Waals surface area (Å²) in [5.74, 6) is -0.777. The quantitative estimate of drug-likeness (QED) is 0.249. The van der Waals surface area contributed by atoms with Gasteiger partial charge in [0.1, 0.15) is 12.4 Å². The van der Waals surface area contributed by atoms with E-state index in [1.807, 2.05) is 6.07 Å². The Morgan fingerprint density at radius 2 is 1.60 bits per heavy atom. The van der Waals surface area contributed by atoms with E-state index in [0.29, 0.717) is 16.8 Å². The first kappa shape index (κ1) is 21.2. The summed E-state index contributed by atoms with van der Waals surface area (Å²) < 4.78 is 12.3. The molecule has 0 unspecified atom stereocenters. The van der Waals surface area contributed by atoms with E-state index in [2.05, 4.69) is 0 Å². The minimum absolute atomic E-state index is 0.0448. The number of rotatable bonds is 9. The molecule has 3 rings (SSSR count). The zero-order valence-corrected chi connectivity index (χ0v) is 16.5. The molecule has 8 nitrogen and oxygen atoms in total. The molecule has 0 atom stereocenters. The third kappa shape index (κ3) is 4.24. The van der Waals surface area contributed by atoms with E-state index < -0.39 is 10.9 Å². The van der Waals surface area contributed by atoms with Crippen molar-refractivity contribution in [3.8, 4) is 22.5 Å². The van der Waals surface area contributed by atoms with Crippen LogP contribution in [0.3, 0.4) is 0 Å². The van der Waals surface area contributed by atoms with Gasteiger partial charge in [-0.3, -0.25) is 10.1 Å². The highest BCUT2D eigenvalue weighted by Crippen LogP contribution is 2.42. The molecule has 0 aliphatic rings. The summed E-state index contributed by atoms with van der Waals surface area (Å²) in [5.41, 5.74) is 1.27. The maximum absolute atomic E-state index is 12.9. The molecule has 0 saturated carbocycles. The molecule has 156 valence electrons. The number of hydrogen-bond acceptors (Lipinski definition) is 6. The van der Waals surface area contributed by atoms with Gasteiger partial charge < -0.3 is 19.1 Å². The van der Waals surface area contributed by atoms with Crippen LogP contribution in [0.5, 0.6) is 0 Å². The fourth-order valence-corrected chi connectivity index (χ4v) is 3.31. The summed E-state index contributed by atoms with van der Waals surface area (Å²) in [4.78, 5) is 24.5. The Morgan fingerprint density at radius 1 is 1.03 bits per heavy atom. The predicted octanol–water partition coefficient (Wildman–Crippen LogP) is 3.87. The average Bonchev–Trinajstić information content (AvgIpc) is 3.11. The van der Waals surface area contributed by atoms with Crippen LogP contribution >= 0.6 is 0 Å². The van der Waals surface area contributed by atoms with E-state index in [0.717, 1.165) is 0 Å². The zero-order valence-electron chi connectivity index (χ0n) is 16.5. The highest BCUT2D eigenvalue weighted by molar-refractivity contribution is 6.04. The van der Waals surface area contributed by atoms with Gasteiger partial charge in [-0.05, 0) is 12.5 Å². The molecule has 0 saturated heterocycles. The van der Waals surface area contributed by atoms with Gasteiger partial charge in [0.25, 0.3) is 0 Å². The van der Waals surface area contributed by atoms with Crippen LogP contribution in [-0.2, 0) is 16.2 Å². The van der Waals surface area contributed by atoms with E-state index in [-0.39, 0.29) is 43.5 Å². The molecule has 30 heavy (non-hydrogen) atoms. The van der Waals surface area contributed by atoms with Gasteiger partial charge in [0, 0.05) is 5.56 Å². The normalized spacial score (nSPS) is 10.7. The van der Waals surface area contributed by atoms with Gasteiger partial charge in [-0.2, -0.15) is 0 Å². The molecule has 0 amide bonds. The third-order valence-electron chi connectivity index (χ3n) is 4.45. The Balaban J connectivity index is 2.39. The Labute approximate surface area is 173 Å². The predicted molar refractivity (Wildman–Crippen MR) is 111 cm³/mol. The van der Waals surface area contributed by atoms with Crippen LogP contribution in [0, 0.1) is 10.1 Å². The van der Waals surface area contributed by atoms with Crippen molar-refractivity contribution in [1.29, 1.82) is 0 Å². The highest BCUT2D eigenvalue weighted by atomic mass is 16.6. The number of carbonyl (C=O) groups is 1. The van der Waals surface area contributed by atoms with Gasteiger partial charge in [-0.25, -0.2) is 4.79 Å². The summed E-state index contributed by atoms with van der Waals surface area (Å²) in [6, 6.07) is 17.7. The molecule has 1 heterocycles. The first-order valence-electron chi connectivity index (χ1n) is 9.47. The molecule has 0 spiro atoms. The van der Waals surface area contributed by atoms with E-state index in [9.17, 15) is 14.9 Å².